The number of nitrogens with zero attached hydrogens (tertiary/aromatic N) is 3. The molecule has 3 aromatic rings. The molecule has 0 saturated carbocycles. The fourth-order valence-electron chi connectivity index (χ4n) is 2.56. The molecule has 1 aromatic heterocycles. The third-order valence-electron chi connectivity index (χ3n) is 4.02. The molecule has 1 amide bonds. The maximum Gasteiger partial charge on any atom is 0.263 e. The first-order valence-corrected chi connectivity index (χ1v) is 9.40. The molecule has 2 aromatic carbocycles. The summed E-state index contributed by atoms with van der Waals surface area (Å²) in [6.45, 7) is 1.89. The summed E-state index contributed by atoms with van der Waals surface area (Å²) in [7, 11) is 3.26. The van der Waals surface area contributed by atoms with Gasteiger partial charge in [0.1, 0.15) is 11.5 Å². The van der Waals surface area contributed by atoms with Crippen LogP contribution in [0.5, 0.6) is 11.5 Å². The Morgan fingerprint density at radius 3 is 2.61 bits per heavy atom. The van der Waals surface area contributed by atoms with E-state index in [9.17, 15) is 4.79 Å². The molecule has 1 atom stereocenters. The molecule has 0 bridgehead atoms. The Hall–Kier alpha value is -2.87. The van der Waals surface area contributed by atoms with Gasteiger partial charge < -0.3 is 18.9 Å². The van der Waals surface area contributed by atoms with Crippen molar-refractivity contribution in [2.24, 2.45) is 0 Å². The zero-order valence-electron chi connectivity index (χ0n) is 15.8. The average Bonchev–Trinajstić information content (AvgIpc) is 3.16. The number of likely N-dealkylation sites (N-methyl/N-ethyl adjacent to an activating group) is 1. The van der Waals surface area contributed by atoms with Crippen molar-refractivity contribution in [1.29, 1.82) is 0 Å². The van der Waals surface area contributed by atoms with Crippen LogP contribution in [0.4, 0.5) is 0 Å². The van der Waals surface area contributed by atoms with Crippen LogP contribution in [0, 0.1) is 0 Å². The van der Waals surface area contributed by atoms with E-state index in [2.05, 4.69) is 26.1 Å². The van der Waals surface area contributed by atoms with Gasteiger partial charge in [0, 0.05) is 17.1 Å². The number of rotatable bonds is 7. The first-order chi connectivity index (χ1) is 13.5. The molecule has 0 fully saturated rings. The highest BCUT2D eigenvalue weighted by atomic mass is 79.9. The third-order valence-corrected chi connectivity index (χ3v) is 4.51. The van der Waals surface area contributed by atoms with E-state index in [1.54, 1.807) is 45.3 Å². The van der Waals surface area contributed by atoms with E-state index in [1.807, 2.05) is 24.3 Å². The standard InChI is InChI=1S/C20H20BrN3O4/c1-13(27-17-9-7-16(26-3)8-10-17)20(25)24(2)12-18-22-19(23-28-18)14-5-4-6-15(21)11-14/h4-11,13H,12H2,1-3H3/t13-/m0/s1. The van der Waals surface area contributed by atoms with Gasteiger partial charge in [-0.2, -0.15) is 4.98 Å². The maximum atomic E-state index is 12.6. The second-order valence-electron chi connectivity index (χ2n) is 6.15. The molecule has 0 aliphatic rings. The molecule has 7 nitrogen and oxygen atoms in total. The number of hydrogen-bond acceptors (Lipinski definition) is 6. The van der Waals surface area contributed by atoms with Crippen LogP contribution >= 0.6 is 15.9 Å². The number of methoxy groups -OCH3 is 1. The number of halogens is 1. The van der Waals surface area contributed by atoms with Gasteiger partial charge >= 0.3 is 0 Å². The van der Waals surface area contributed by atoms with Crippen LogP contribution in [-0.2, 0) is 11.3 Å². The Morgan fingerprint density at radius 1 is 1.21 bits per heavy atom. The first kappa shape index (κ1) is 19.9. The summed E-state index contributed by atoms with van der Waals surface area (Å²) in [5.74, 6) is 1.94. The van der Waals surface area contributed by atoms with Crippen molar-refractivity contribution in [3.05, 3.63) is 58.9 Å². The zero-order valence-corrected chi connectivity index (χ0v) is 17.3. The summed E-state index contributed by atoms with van der Waals surface area (Å²) < 4.78 is 17.0. The summed E-state index contributed by atoms with van der Waals surface area (Å²) in [6, 6.07) is 14.7. The molecule has 0 aliphatic heterocycles. The molecule has 1 heterocycles. The lowest BCUT2D eigenvalue weighted by Gasteiger charge is -2.20. The Morgan fingerprint density at radius 2 is 1.93 bits per heavy atom. The molecule has 3 rings (SSSR count). The van der Waals surface area contributed by atoms with Gasteiger partial charge in [-0.05, 0) is 43.3 Å². The molecule has 146 valence electrons. The van der Waals surface area contributed by atoms with Gasteiger partial charge in [0.25, 0.3) is 5.91 Å². The first-order valence-electron chi connectivity index (χ1n) is 8.60. The van der Waals surface area contributed by atoms with Gasteiger partial charge in [0.2, 0.25) is 11.7 Å². The Bertz CT molecular complexity index is 943. The molecule has 0 unspecified atom stereocenters. The van der Waals surface area contributed by atoms with Crippen LogP contribution in [0.3, 0.4) is 0 Å². The number of ether oxygens (including phenoxy) is 2. The Kier molecular flexibility index (Phi) is 6.30. The topological polar surface area (TPSA) is 77.7 Å². The van der Waals surface area contributed by atoms with Gasteiger partial charge in [-0.3, -0.25) is 4.79 Å². The number of carbonyl (C=O) groups is 1. The van der Waals surface area contributed by atoms with Gasteiger partial charge in [0.15, 0.2) is 6.10 Å². The largest absolute Gasteiger partial charge is 0.497 e. The van der Waals surface area contributed by atoms with Crippen molar-refractivity contribution in [3.63, 3.8) is 0 Å². The molecule has 0 radical (unpaired) electrons. The lowest BCUT2D eigenvalue weighted by Crippen LogP contribution is -2.37. The van der Waals surface area contributed by atoms with Gasteiger partial charge in [-0.1, -0.05) is 33.2 Å². The average molecular weight is 446 g/mol. The van der Waals surface area contributed by atoms with Crippen molar-refractivity contribution in [3.8, 4) is 22.9 Å². The fourth-order valence-corrected chi connectivity index (χ4v) is 2.96. The van der Waals surface area contributed by atoms with Crippen LogP contribution in [0.15, 0.2) is 57.5 Å². The maximum absolute atomic E-state index is 12.6. The summed E-state index contributed by atoms with van der Waals surface area (Å²) in [5, 5.41) is 3.98. The predicted molar refractivity (Wildman–Crippen MR) is 107 cm³/mol. The predicted octanol–water partition coefficient (Wildman–Crippen LogP) is 3.93. The van der Waals surface area contributed by atoms with E-state index in [4.69, 9.17) is 14.0 Å². The molecular formula is C20H20BrN3O4. The van der Waals surface area contributed by atoms with E-state index in [1.165, 1.54) is 4.90 Å². The van der Waals surface area contributed by atoms with Crippen LogP contribution < -0.4 is 9.47 Å². The third kappa shape index (κ3) is 4.89. The number of aromatic nitrogens is 2. The van der Waals surface area contributed by atoms with Crippen molar-refractivity contribution in [2.45, 2.75) is 19.6 Å². The van der Waals surface area contributed by atoms with Gasteiger partial charge in [-0.15, -0.1) is 0 Å². The highest BCUT2D eigenvalue weighted by Crippen LogP contribution is 2.21. The summed E-state index contributed by atoms with van der Waals surface area (Å²) in [4.78, 5) is 18.4. The summed E-state index contributed by atoms with van der Waals surface area (Å²) in [6.07, 6.45) is -0.661. The minimum Gasteiger partial charge on any atom is -0.497 e. The number of carbonyl (C=O) groups excluding carboxylic acids is 1. The van der Waals surface area contributed by atoms with E-state index in [-0.39, 0.29) is 12.5 Å². The van der Waals surface area contributed by atoms with Crippen LogP contribution in [0.25, 0.3) is 11.4 Å². The Labute approximate surface area is 171 Å². The Balaban J connectivity index is 1.60. The van der Waals surface area contributed by atoms with Crippen LogP contribution in [-0.4, -0.2) is 41.2 Å². The van der Waals surface area contributed by atoms with E-state index >= 15 is 0 Å². The van der Waals surface area contributed by atoms with Gasteiger partial charge in [0.05, 0.1) is 13.7 Å². The zero-order chi connectivity index (χ0) is 20.1. The van der Waals surface area contributed by atoms with E-state index in [0.29, 0.717) is 17.5 Å². The SMILES string of the molecule is COc1ccc(O[C@@H](C)C(=O)N(C)Cc2nc(-c3cccc(Br)c3)no2)cc1. The van der Waals surface area contributed by atoms with Crippen LogP contribution in [0.2, 0.25) is 0 Å². The quantitative estimate of drug-likeness (QED) is 0.548. The highest BCUT2D eigenvalue weighted by molar-refractivity contribution is 9.10. The number of hydrogen-bond donors (Lipinski definition) is 0. The molecule has 0 N–H and O–H groups in total. The molecule has 8 heteroatoms. The van der Waals surface area contributed by atoms with Crippen molar-refractivity contribution >= 4 is 21.8 Å². The minimum absolute atomic E-state index is 0.191. The highest BCUT2D eigenvalue weighted by Gasteiger charge is 2.21. The van der Waals surface area contributed by atoms with Crippen molar-refractivity contribution < 1.29 is 18.8 Å². The monoisotopic (exact) mass is 445 g/mol. The summed E-state index contributed by atoms with van der Waals surface area (Å²) >= 11 is 3.42. The second kappa shape index (κ2) is 8.88. The second-order valence-corrected chi connectivity index (χ2v) is 7.07. The number of amides is 1. The smallest absolute Gasteiger partial charge is 0.263 e. The van der Waals surface area contributed by atoms with Crippen molar-refractivity contribution in [2.75, 3.05) is 14.2 Å². The van der Waals surface area contributed by atoms with Gasteiger partial charge in [-0.25, -0.2) is 0 Å². The number of benzene rings is 2. The molecule has 28 heavy (non-hydrogen) atoms. The molecule has 0 saturated heterocycles. The van der Waals surface area contributed by atoms with Crippen molar-refractivity contribution in [1.82, 2.24) is 15.0 Å². The lowest BCUT2D eigenvalue weighted by atomic mass is 10.2. The molecule has 0 aliphatic carbocycles. The normalized spacial score (nSPS) is 11.7. The van der Waals surface area contributed by atoms with E-state index in [0.717, 1.165) is 15.8 Å². The minimum atomic E-state index is -0.661. The summed E-state index contributed by atoms with van der Waals surface area (Å²) in [5.41, 5.74) is 0.828. The fraction of sp³-hybridized carbons (Fsp3) is 0.250. The van der Waals surface area contributed by atoms with E-state index < -0.39 is 6.10 Å². The molecule has 0 spiro atoms. The lowest BCUT2D eigenvalue weighted by molar-refractivity contribution is -0.137. The van der Waals surface area contributed by atoms with Crippen LogP contribution in [0.1, 0.15) is 12.8 Å². The molecular weight excluding hydrogens is 426 g/mol.